The molecule has 176 valence electrons. The summed E-state index contributed by atoms with van der Waals surface area (Å²) in [6, 6.07) is 17.6. The Morgan fingerprint density at radius 2 is 1.82 bits per heavy atom. The summed E-state index contributed by atoms with van der Waals surface area (Å²) in [5.41, 5.74) is 15.1. The van der Waals surface area contributed by atoms with E-state index in [2.05, 4.69) is 10.3 Å². The van der Waals surface area contributed by atoms with E-state index in [1.54, 1.807) is 42.7 Å². The number of nitrogens with two attached hydrogens (primary N) is 2. The number of nitrogens with zero attached hydrogens (tertiary/aromatic N) is 1. The molecule has 0 saturated carbocycles. The van der Waals surface area contributed by atoms with Crippen LogP contribution in [0.15, 0.2) is 73.1 Å². The zero-order valence-electron chi connectivity index (χ0n) is 19.0. The van der Waals surface area contributed by atoms with Gasteiger partial charge in [-0.15, -0.1) is 0 Å². The Balaban J connectivity index is 1.80. The molecule has 0 saturated heterocycles. The number of ether oxygens (including phenoxy) is 1. The second-order valence-corrected chi connectivity index (χ2v) is 7.92. The fourth-order valence-electron chi connectivity index (χ4n) is 3.81. The fraction of sp³-hybridized carbons (Fsp3) is 0.231. The number of benzene rings is 2. The normalized spacial score (nSPS) is 12.4. The van der Waals surface area contributed by atoms with E-state index in [9.17, 15) is 9.59 Å². The smallest absolute Gasteiger partial charge is 0.311 e. The number of carbonyl (C=O) groups is 2. The zero-order valence-corrected chi connectivity index (χ0v) is 19.0. The van der Waals surface area contributed by atoms with Crippen molar-refractivity contribution in [2.45, 2.75) is 18.9 Å². The number of esters is 1. The first kappa shape index (κ1) is 24.6. The Morgan fingerprint density at radius 3 is 2.44 bits per heavy atom. The molecule has 0 radical (unpaired) electrons. The minimum absolute atomic E-state index is 0.0574. The molecule has 6 N–H and O–H groups in total. The number of pyridine rings is 1. The molecular weight excluding hydrogens is 430 g/mol. The monoisotopic (exact) mass is 459 g/mol. The first-order valence-corrected chi connectivity index (χ1v) is 11.0. The molecule has 8 heteroatoms. The van der Waals surface area contributed by atoms with Crippen LogP contribution in [0.2, 0.25) is 0 Å². The van der Waals surface area contributed by atoms with Crippen molar-refractivity contribution in [1.82, 2.24) is 10.3 Å². The number of carbonyl (C=O) groups excluding carboxylic acids is 2. The summed E-state index contributed by atoms with van der Waals surface area (Å²) < 4.78 is 5.04. The van der Waals surface area contributed by atoms with Gasteiger partial charge >= 0.3 is 5.97 Å². The lowest BCUT2D eigenvalue weighted by molar-refractivity contribution is -0.146. The van der Waals surface area contributed by atoms with Crippen molar-refractivity contribution in [3.8, 4) is 11.1 Å². The van der Waals surface area contributed by atoms with Gasteiger partial charge in [0.1, 0.15) is 5.84 Å². The molecular formula is C26H29N5O3. The molecule has 2 aromatic carbocycles. The number of aromatic nitrogens is 1. The van der Waals surface area contributed by atoms with Gasteiger partial charge in [-0.25, -0.2) is 0 Å². The van der Waals surface area contributed by atoms with Crippen molar-refractivity contribution in [3.05, 3.63) is 89.7 Å². The molecule has 0 fully saturated rings. The molecule has 0 spiro atoms. The van der Waals surface area contributed by atoms with E-state index in [4.69, 9.17) is 21.6 Å². The van der Waals surface area contributed by atoms with Crippen molar-refractivity contribution in [3.63, 3.8) is 0 Å². The van der Waals surface area contributed by atoms with Gasteiger partial charge in [0, 0.05) is 29.6 Å². The first-order valence-electron chi connectivity index (χ1n) is 11.0. The summed E-state index contributed by atoms with van der Waals surface area (Å²) in [6.07, 6.45) is 4.16. The van der Waals surface area contributed by atoms with E-state index in [0.29, 0.717) is 24.0 Å². The number of hydrogen-bond acceptors (Lipinski definition) is 6. The number of hydrogen-bond donors (Lipinski definition) is 4. The van der Waals surface area contributed by atoms with Crippen LogP contribution in [0.25, 0.3) is 11.1 Å². The van der Waals surface area contributed by atoms with Crippen LogP contribution in [0.1, 0.15) is 27.9 Å². The Labute approximate surface area is 198 Å². The SMILES string of the molecule is COC(=O)C(Cc1cccc(C(=N)N)c1)[C@@H](CCN)NC(=O)c1ccc(-c2cccnc2)cc1. The minimum Gasteiger partial charge on any atom is -0.469 e. The molecule has 1 unspecified atom stereocenters. The Morgan fingerprint density at radius 1 is 1.06 bits per heavy atom. The predicted molar refractivity (Wildman–Crippen MR) is 131 cm³/mol. The maximum atomic E-state index is 13.0. The third kappa shape index (κ3) is 6.26. The number of methoxy groups -OCH3 is 1. The Bertz CT molecular complexity index is 1130. The summed E-state index contributed by atoms with van der Waals surface area (Å²) in [4.78, 5) is 29.8. The summed E-state index contributed by atoms with van der Waals surface area (Å²) in [5.74, 6) is -1.46. The number of nitrogen functional groups attached to an aromatic ring is 1. The van der Waals surface area contributed by atoms with Crippen molar-refractivity contribution >= 4 is 17.7 Å². The van der Waals surface area contributed by atoms with Gasteiger partial charge in [-0.05, 0) is 60.3 Å². The molecule has 2 atom stereocenters. The highest BCUT2D eigenvalue weighted by Gasteiger charge is 2.30. The van der Waals surface area contributed by atoms with Crippen LogP contribution in [-0.2, 0) is 16.0 Å². The standard InChI is InChI=1S/C26H29N5O3/c1-34-26(33)22(15-17-4-2-5-20(14-17)24(28)29)23(11-12-27)31-25(32)19-9-7-18(8-10-19)21-6-3-13-30-16-21/h2-10,13-14,16,22-23H,11-12,15,27H2,1H3,(H3,28,29)(H,31,32)/t22?,23-/m1/s1. The number of amides is 1. The van der Waals surface area contributed by atoms with Crippen molar-refractivity contribution in [2.24, 2.45) is 17.4 Å². The molecule has 0 aliphatic carbocycles. The number of nitrogens with one attached hydrogen (secondary N) is 2. The third-order valence-corrected chi connectivity index (χ3v) is 5.62. The van der Waals surface area contributed by atoms with E-state index in [1.807, 2.05) is 30.3 Å². The molecule has 1 heterocycles. The lowest BCUT2D eigenvalue weighted by atomic mass is 9.89. The second-order valence-electron chi connectivity index (χ2n) is 7.92. The molecule has 0 bridgehead atoms. The van der Waals surface area contributed by atoms with Crippen LogP contribution in [0.5, 0.6) is 0 Å². The lowest BCUT2D eigenvalue weighted by Gasteiger charge is -2.26. The fourth-order valence-corrected chi connectivity index (χ4v) is 3.81. The van der Waals surface area contributed by atoms with Gasteiger partial charge in [0.25, 0.3) is 5.91 Å². The molecule has 0 aliphatic heterocycles. The van der Waals surface area contributed by atoms with Crippen LogP contribution in [0, 0.1) is 11.3 Å². The van der Waals surface area contributed by atoms with Crippen LogP contribution in [0.3, 0.4) is 0 Å². The van der Waals surface area contributed by atoms with Crippen LogP contribution in [-0.4, -0.2) is 42.4 Å². The topological polar surface area (TPSA) is 144 Å². The van der Waals surface area contributed by atoms with Crippen molar-refractivity contribution in [1.29, 1.82) is 5.41 Å². The van der Waals surface area contributed by atoms with Gasteiger partial charge in [0.2, 0.25) is 0 Å². The largest absolute Gasteiger partial charge is 0.469 e. The van der Waals surface area contributed by atoms with Crippen LogP contribution in [0.4, 0.5) is 0 Å². The highest BCUT2D eigenvalue weighted by Crippen LogP contribution is 2.21. The maximum Gasteiger partial charge on any atom is 0.311 e. The molecule has 1 aromatic heterocycles. The molecule has 8 nitrogen and oxygen atoms in total. The number of rotatable bonds is 10. The van der Waals surface area contributed by atoms with Gasteiger partial charge in [0.15, 0.2) is 0 Å². The van der Waals surface area contributed by atoms with E-state index >= 15 is 0 Å². The number of amidine groups is 1. The summed E-state index contributed by atoms with van der Waals surface area (Å²) in [7, 11) is 1.32. The third-order valence-electron chi connectivity index (χ3n) is 5.62. The van der Waals surface area contributed by atoms with Gasteiger partial charge in [0.05, 0.1) is 13.0 Å². The zero-order chi connectivity index (χ0) is 24.5. The summed E-state index contributed by atoms with van der Waals surface area (Å²) in [6.45, 7) is 0.284. The van der Waals surface area contributed by atoms with Crippen molar-refractivity contribution in [2.75, 3.05) is 13.7 Å². The Kier molecular flexibility index (Phi) is 8.48. The molecule has 3 rings (SSSR count). The predicted octanol–water partition coefficient (Wildman–Crippen LogP) is 2.51. The summed E-state index contributed by atoms with van der Waals surface area (Å²) in [5, 5.41) is 10.6. The molecule has 0 aliphatic rings. The van der Waals surface area contributed by atoms with Gasteiger partial charge in [-0.3, -0.25) is 20.0 Å². The van der Waals surface area contributed by atoms with Crippen LogP contribution < -0.4 is 16.8 Å². The van der Waals surface area contributed by atoms with Gasteiger partial charge in [-0.2, -0.15) is 0 Å². The molecule has 34 heavy (non-hydrogen) atoms. The Hall–Kier alpha value is -4.04. The van der Waals surface area contributed by atoms with E-state index in [1.165, 1.54) is 7.11 Å². The average Bonchev–Trinajstić information content (AvgIpc) is 2.87. The highest BCUT2D eigenvalue weighted by atomic mass is 16.5. The quantitative estimate of drug-likeness (QED) is 0.208. The average molecular weight is 460 g/mol. The molecule has 3 aromatic rings. The second kappa shape index (κ2) is 11.7. The molecule has 1 amide bonds. The maximum absolute atomic E-state index is 13.0. The van der Waals surface area contributed by atoms with E-state index in [-0.39, 0.29) is 18.3 Å². The summed E-state index contributed by atoms with van der Waals surface area (Å²) >= 11 is 0. The lowest BCUT2D eigenvalue weighted by Crippen LogP contribution is -2.45. The van der Waals surface area contributed by atoms with Gasteiger partial charge < -0.3 is 21.5 Å². The van der Waals surface area contributed by atoms with E-state index in [0.717, 1.165) is 16.7 Å². The van der Waals surface area contributed by atoms with Crippen molar-refractivity contribution < 1.29 is 14.3 Å². The minimum atomic E-state index is -0.658. The highest BCUT2D eigenvalue weighted by molar-refractivity contribution is 5.95. The van der Waals surface area contributed by atoms with Crippen LogP contribution >= 0.6 is 0 Å². The first-order chi connectivity index (χ1) is 16.4. The van der Waals surface area contributed by atoms with E-state index < -0.39 is 17.9 Å². The van der Waals surface area contributed by atoms with Gasteiger partial charge in [-0.1, -0.05) is 36.4 Å².